The molecule has 154 valence electrons. The fraction of sp³-hybridized carbons (Fsp3) is 0.304. The summed E-state index contributed by atoms with van der Waals surface area (Å²) in [5.41, 5.74) is 1.24. The second-order valence-corrected chi connectivity index (χ2v) is 8.20. The zero-order chi connectivity index (χ0) is 20.8. The zero-order valence-electron chi connectivity index (χ0n) is 16.1. The van der Waals surface area contributed by atoms with E-state index in [9.17, 15) is 14.7 Å². The van der Waals surface area contributed by atoms with E-state index < -0.39 is 17.7 Å². The Balaban J connectivity index is 1.65. The van der Waals surface area contributed by atoms with Crippen molar-refractivity contribution in [3.63, 3.8) is 0 Å². The predicted octanol–water partition coefficient (Wildman–Crippen LogP) is 4.43. The van der Waals surface area contributed by atoms with Crippen molar-refractivity contribution >= 4 is 29.1 Å². The number of halogens is 1. The number of rotatable bonds is 3. The molecule has 1 saturated carbocycles. The summed E-state index contributed by atoms with van der Waals surface area (Å²) in [5, 5.41) is 11.7. The first-order valence-corrected chi connectivity index (χ1v) is 10.4. The van der Waals surface area contributed by atoms with Crippen LogP contribution in [0, 0.1) is 0 Å². The van der Waals surface area contributed by atoms with E-state index in [0.717, 1.165) is 31.2 Å². The topological polar surface area (TPSA) is 76.1 Å². The van der Waals surface area contributed by atoms with Crippen LogP contribution in [-0.2, 0) is 9.59 Å². The molecule has 0 radical (unpaired) electrons. The van der Waals surface area contributed by atoms with Gasteiger partial charge in [0.2, 0.25) is 6.79 Å². The highest BCUT2D eigenvalue weighted by Gasteiger charge is 2.49. The van der Waals surface area contributed by atoms with Crippen LogP contribution in [0.3, 0.4) is 0 Å². The van der Waals surface area contributed by atoms with Crippen molar-refractivity contribution in [3.8, 4) is 11.5 Å². The van der Waals surface area contributed by atoms with E-state index in [1.165, 1.54) is 0 Å². The number of likely N-dealkylation sites (tertiary alicyclic amines) is 1. The Morgan fingerprint density at radius 1 is 1.00 bits per heavy atom. The zero-order valence-corrected chi connectivity index (χ0v) is 16.9. The number of carbonyl (C=O) groups excluding carboxylic acids is 2. The summed E-state index contributed by atoms with van der Waals surface area (Å²) < 4.78 is 10.7. The second kappa shape index (κ2) is 7.36. The summed E-state index contributed by atoms with van der Waals surface area (Å²) in [6.45, 7) is 0.108. The van der Waals surface area contributed by atoms with Gasteiger partial charge in [-0.05, 0) is 48.7 Å². The largest absolute Gasteiger partial charge is 0.507 e. The van der Waals surface area contributed by atoms with Gasteiger partial charge in [-0.25, -0.2) is 0 Å². The molecule has 7 heteroatoms. The molecule has 3 aliphatic rings. The lowest BCUT2D eigenvalue weighted by atomic mass is 9.94. The van der Waals surface area contributed by atoms with Crippen molar-refractivity contribution < 1.29 is 24.2 Å². The minimum Gasteiger partial charge on any atom is -0.507 e. The van der Waals surface area contributed by atoms with E-state index in [4.69, 9.17) is 21.1 Å². The Hall–Kier alpha value is -2.99. The van der Waals surface area contributed by atoms with Crippen molar-refractivity contribution in [1.82, 2.24) is 4.90 Å². The Kier molecular flexibility index (Phi) is 4.66. The van der Waals surface area contributed by atoms with Gasteiger partial charge >= 0.3 is 0 Å². The molecule has 2 aliphatic heterocycles. The van der Waals surface area contributed by atoms with Crippen LogP contribution in [0.25, 0.3) is 5.76 Å². The summed E-state index contributed by atoms with van der Waals surface area (Å²) in [5.74, 6) is -0.382. The van der Waals surface area contributed by atoms with E-state index in [-0.39, 0.29) is 24.2 Å². The smallest absolute Gasteiger partial charge is 0.295 e. The third kappa shape index (κ3) is 3.03. The molecule has 1 N–H and O–H groups in total. The lowest BCUT2D eigenvalue weighted by Crippen LogP contribution is -2.37. The summed E-state index contributed by atoms with van der Waals surface area (Å²) in [6, 6.07) is 11.3. The van der Waals surface area contributed by atoms with Crippen LogP contribution in [0.1, 0.15) is 42.9 Å². The Labute approximate surface area is 178 Å². The quantitative estimate of drug-likeness (QED) is 0.447. The summed E-state index contributed by atoms with van der Waals surface area (Å²) in [6.07, 6.45) is 3.73. The van der Waals surface area contributed by atoms with Gasteiger partial charge in [0.15, 0.2) is 11.5 Å². The summed E-state index contributed by atoms with van der Waals surface area (Å²) in [7, 11) is 0. The first-order valence-electron chi connectivity index (χ1n) is 10.00. The number of amides is 1. The molecule has 1 saturated heterocycles. The van der Waals surface area contributed by atoms with Gasteiger partial charge in [-0.1, -0.05) is 36.6 Å². The Morgan fingerprint density at radius 3 is 2.43 bits per heavy atom. The number of nitrogens with zero attached hydrogens (tertiary/aromatic N) is 1. The third-order valence-corrected chi connectivity index (χ3v) is 6.28. The van der Waals surface area contributed by atoms with Crippen LogP contribution in [0.5, 0.6) is 11.5 Å². The monoisotopic (exact) mass is 425 g/mol. The SMILES string of the molecule is O=C1C(=O)N(C2CCCC2)C(c2ccc(Cl)cc2)/C1=C(/O)c1ccc2c(c1)OCO2. The lowest BCUT2D eigenvalue weighted by Gasteiger charge is -2.30. The first kappa shape index (κ1) is 19.0. The van der Waals surface area contributed by atoms with E-state index in [1.54, 1.807) is 47.4 Å². The first-order chi connectivity index (χ1) is 14.5. The van der Waals surface area contributed by atoms with Crippen LogP contribution in [-0.4, -0.2) is 34.5 Å². The fourth-order valence-corrected chi connectivity index (χ4v) is 4.71. The van der Waals surface area contributed by atoms with Crippen molar-refractivity contribution in [2.24, 2.45) is 0 Å². The van der Waals surface area contributed by atoms with Crippen molar-refractivity contribution in [1.29, 1.82) is 0 Å². The molecule has 2 heterocycles. The number of ketones is 1. The predicted molar refractivity (Wildman–Crippen MR) is 110 cm³/mol. The summed E-state index contributed by atoms with van der Waals surface area (Å²) in [4.78, 5) is 27.8. The number of Topliss-reactive ketones (excluding diaryl/α,β-unsaturated/α-hetero) is 1. The number of aliphatic hydroxyl groups excluding tert-OH is 1. The molecule has 1 unspecified atom stereocenters. The molecule has 2 fully saturated rings. The molecule has 0 aromatic heterocycles. The van der Waals surface area contributed by atoms with Crippen LogP contribution in [0.2, 0.25) is 5.02 Å². The van der Waals surface area contributed by atoms with E-state index in [2.05, 4.69) is 0 Å². The van der Waals surface area contributed by atoms with Gasteiger partial charge in [-0.15, -0.1) is 0 Å². The van der Waals surface area contributed by atoms with Crippen LogP contribution in [0.15, 0.2) is 48.0 Å². The number of benzene rings is 2. The molecular weight excluding hydrogens is 406 g/mol. The van der Waals surface area contributed by atoms with Crippen molar-refractivity contribution in [2.75, 3.05) is 6.79 Å². The number of hydrogen-bond donors (Lipinski definition) is 1. The molecule has 2 aromatic rings. The molecular formula is C23H20ClNO5. The number of hydrogen-bond acceptors (Lipinski definition) is 5. The highest BCUT2D eigenvalue weighted by Crippen LogP contribution is 2.44. The second-order valence-electron chi connectivity index (χ2n) is 7.76. The van der Waals surface area contributed by atoms with Crippen LogP contribution in [0.4, 0.5) is 0 Å². The van der Waals surface area contributed by atoms with Gasteiger partial charge < -0.3 is 19.5 Å². The molecule has 1 amide bonds. The minimum atomic E-state index is -0.669. The maximum absolute atomic E-state index is 13.1. The maximum Gasteiger partial charge on any atom is 0.295 e. The maximum atomic E-state index is 13.1. The number of ether oxygens (including phenoxy) is 2. The normalized spacial score (nSPS) is 22.8. The number of fused-ring (bicyclic) bond motifs is 1. The molecule has 1 aliphatic carbocycles. The van der Waals surface area contributed by atoms with Crippen LogP contribution < -0.4 is 9.47 Å². The minimum absolute atomic E-state index is 0.0239. The fourth-order valence-electron chi connectivity index (χ4n) is 4.58. The van der Waals surface area contributed by atoms with Gasteiger partial charge in [0.1, 0.15) is 5.76 Å². The van der Waals surface area contributed by atoms with E-state index in [0.29, 0.717) is 22.1 Å². The molecule has 0 bridgehead atoms. The highest BCUT2D eigenvalue weighted by molar-refractivity contribution is 6.46. The highest BCUT2D eigenvalue weighted by atomic mass is 35.5. The molecule has 2 aromatic carbocycles. The van der Waals surface area contributed by atoms with Crippen molar-refractivity contribution in [3.05, 3.63) is 64.2 Å². The number of aliphatic hydroxyl groups is 1. The van der Waals surface area contributed by atoms with E-state index in [1.807, 2.05) is 0 Å². The van der Waals surface area contributed by atoms with Gasteiger partial charge in [-0.2, -0.15) is 0 Å². The molecule has 5 rings (SSSR count). The Bertz CT molecular complexity index is 1060. The lowest BCUT2D eigenvalue weighted by molar-refractivity contribution is -0.141. The molecule has 30 heavy (non-hydrogen) atoms. The van der Waals surface area contributed by atoms with Gasteiger partial charge in [0, 0.05) is 16.6 Å². The van der Waals surface area contributed by atoms with Gasteiger partial charge in [0.25, 0.3) is 11.7 Å². The van der Waals surface area contributed by atoms with Gasteiger partial charge in [0.05, 0.1) is 11.6 Å². The third-order valence-electron chi connectivity index (χ3n) is 6.03. The van der Waals surface area contributed by atoms with E-state index >= 15 is 0 Å². The Morgan fingerprint density at radius 2 is 1.70 bits per heavy atom. The molecule has 1 atom stereocenters. The average molecular weight is 426 g/mol. The van der Waals surface area contributed by atoms with Gasteiger partial charge in [-0.3, -0.25) is 9.59 Å². The number of carbonyl (C=O) groups is 2. The van der Waals surface area contributed by atoms with Crippen LogP contribution >= 0.6 is 11.6 Å². The van der Waals surface area contributed by atoms with Crippen molar-refractivity contribution in [2.45, 2.75) is 37.8 Å². The molecule has 0 spiro atoms. The standard InChI is InChI=1S/C23H20ClNO5/c24-15-8-5-13(6-9-15)20-19(22(27)23(28)25(20)16-3-1-2-4-16)21(26)14-7-10-17-18(11-14)30-12-29-17/h5-11,16,20,26H,1-4,12H2/b21-19-. The average Bonchev–Trinajstić information content (AvgIpc) is 3.48. The molecule has 6 nitrogen and oxygen atoms in total. The summed E-state index contributed by atoms with van der Waals surface area (Å²) >= 11 is 6.05.